The summed E-state index contributed by atoms with van der Waals surface area (Å²) in [7, 11) is 4.18. The summed E-state index contributed by atoms with van der Waals surface area (Å²) in [5.41, 5.74) is 2.51. The zero-order chi connectivity index (χ0) is 15.0. The smallest absolute Gasteiger partial charge is 0.124 e. The number of hydrogen-bond donors (Lipinski definition) is 1. The fraction of sp³-hybridized carbons (Fsp3) is 0.647. The molecule has 0 fully saturated rings. The van der Waals surface area contributed by atoms with Crippen molar-refractivity contribution in [2.45, 2.75) is 39.7 Å². The Morgan fingerprint density at radius 1 is 1.30 bits per heavy atom. The lowest BCUT2D eigenvalue weighted by Gasteiger charge is -2.19. The summed E-state index contributed by atoms with van der Waals surface area (Å²) in [5, 5.41) is 3.53. The minimum absolute atomic E-state index is 0.333. The first kappa shape index (κ1) is 17.0. The summed E-state index contributed by atoms with van der Waals surface area (Å²) in [5.74, 6) is 1.03. The summed E-state index contributed by atoms with van der Waals surface area (Å²) in [6, 6.07) is 6.82. The Morgan fingerprint density at radius 3 is 2.70 bits per heavy atom. The van der Waals surface area contributed by atoms with E-state index >= 15 is 0 Å². The Hall–Kier alpha value is -1.06. The van der Waals surface area contributed by atoms with Gasteiger partial charge in [-0.2, -0.15) is 0 Å². The quantitative estimate of drug-likeness (QED) is 0.701. The van der Waals surface area contributed by atoms with Gasteiger partial charge >= 0.3 is 0 Å². The molecule has 1 aromatic rings. The van der Waals surface area contributed by atoms with Crippen LogP contribution in [0, 0.1) is 6.92 Å². The van der Waals surface area contributed by atoms with Gasteiger partial charge in [-0.3, -0.25) is 0 Å². The third-order valence-corrected chi connectivity index (χ3v) is 3.34. The first-order chi connectivity index (χ1) is 9.54. The fourth-order valence-corrected chi connectivity index (χ4v) is 2.16. The van der Waals surface area contributed by atoms with Crippen LogP contribution < -0.4 is 10.1 Å². The first-order valence-electron chi connectivity index (χ1n) is 7.66. The van der Waals surface area contributed by atoms with Gasteiger partial charge < -0.3 is 15.0 Å². The van der Waals surface area contributed by atoms with Gasteiger partial charge in [0.1, 0.15) is 5.75 Å². The molecule has 3 heteroatoms. The molecule has 1 N–H and O–H groups in total. The van der Waals surface area contributed by atoms with E-state index in [1.165, 1.54) is 11.1 Å². The van der Waals surface area contributed by atoms with Gasteiger partial charge in [0.15, 0.2) is 0 Å². The molecule has 0 amide bonds. The van der Waals surface area contributed by atoms with Crippen molar-refractivity contribution in [2.75, 3.05) is 33.8 Å². The maximum atomic E-state index is 6.00. The van der Waals surface area contributed by atoms with E-state index in [0.29, 0.717) is 6.04 Å². The molecule has 114 valence electrons. The third-order valence-electron chi connectivity index (χ3n) is 3.34. The lowest BCUT2D eigenvalue weighted by atomic mass is 10.0. The highest BCUT2D eigenvalue weighted by Gasteiger charge is 2.11. The van der Waals surface area contributed by atoms with Gasteiger partial charge in [0.2, 0.25) is 0 Å². The van der Waals surface area contributed by atoms with Gasteiger partial charge in [-0.15, -0.1) is 0 Å². The summed E-state index contributed by atoms with van der Waals surface area (Å²) >= 11 is 0. The maximum Gasteiger partial charge on any atom is 0.124 e. The molecule has 0 bridgehead atoms. The standard InChI is InChI=1S/C17H30N2O/c1-6-10-18-15(3)16-9-8-14(2)13-17(16)20-12-7-11-19(4)5/h8-9,13,15,18H,6-7,10-12H2,1-5H3. The van der Waals surface area contributed by atoms with Crippen LogP contribution >= 0.6 is 0 Å². The predicted molar refractivity (Wildman–Crippen MR) is 86.6 cm³/mol. The topological polar surface area (TPSA) is 24.5 Å². The third kappa shape index (κ3) is 5.93. The number of nitrogens with one attached hydrogen (secondary N) is 1. The predicted octanol–water partition coefficient (Wildman–Crippen LogP) is 3.39. The van der Waals surface area contributed by atoms with Crippen molar-refractivity contribution < 1.29 is 4.74 Å². The number of rotatable bonds is 9. The highest BCUT2D eigenvalue weighted by atomic mass is 16.5. The van der Waals surface area contributed by atoms with E-state index in [1.54, 1.807) is 0 Å². The van der Waals surface area contributed by atoms with Crippen LogP contribution in [0.4, 0.5) is 0 Å². The van der Waals surface area contributed by atoms with E-state index in [9.17, 15) is 0 Å². The molecule has 0 aromatic heterocycles. The maximum absolute atomic E-state index is 6.00. The van der Waals surface area contributed by atoms with E-state index in [1.807, 2.05) is 0 Å². The molecule has 0 aliphatic heterocycles. The van der Waals surface area contributed by atoms with E-state index in [2.05, 4.69) is 63.3 Å². The molecule has 0 heterocycles. The second kappa shape index (κ2) is 8.98. The highest BCUT2D eigenvalue weighted by molar-refractivity contribution is 5.39. The van der Waals surface area contributed by atoms with Crippen LogP contribution in [0.25, 0.3) is 0 Å². The molecule has 1 rings (SSSR count). The molecule has 1 aromatic carbocycles. The molecule has 20 heavy (non-hydrogen) atoms. The van der Waals surface area contributed by atoms with Crippen LogP contribution in [-0.4, -0.2) is 38.7 Å². The van der Waals surface area contributed by atoms with E-state index in [0.717, 1.165) is 38.3 Å². The molecule has 0 aliphatic rings. The van der Waals surface area contributed by atoms with Crippen LogP contribution in [0.15, 0.2) is 18.2 Å². The molecule has 3 nitrogen and oxygen atoms in total. The number of nitrogens with zero attached hydrogens (tertiary/aromatic N) is 1. The SMILES string of the molecule is CCCNC(C)c1ccc(C)cc1OCCCN(C)C. The second-order valence-corrected chi connectivity index (χ2v) is 5.72. The van der Waals surface area contributed by atoms with Gasteiger partial charge in [0, 0.05) is 18.2 Å². The van der Waals surface area contributed by atoms with Gasteiger partial charge in [0.25, 0.3) is 0 Å². The van der Waals surface area contributed by atoms with Crippen LogP contribution in [-0.2, 0) is 0 Å². The van der Waals surface area contributed by atoms with Crippen molar-refractivity contribution in [2.24, 2.45) is 0 Å². The number of aryl methyl sites for hydroxylation is 1. The van der Waals surface area contributed by atoms with E-state index in [-0.39, 0.29) is 0 Å². The zero-order valence-corrected chi connectivity index (χ0v) is 13.7. The van der Waals surface area contributed by atoms with Crippen molar-refractivity contribution in [3.05, 3.63) is 29.3 Å². The van der Waals surface area contributed by atoms with Crippen molar-refractivity contribution in [1.82, 2.24) is 10.2 Å². The minimum atomic E-state index is 0.333. The number of hydrogen-bond acceptors (Lipinski definition) is 3. The Morgan fingerprint density at radius 2 is 2.05 bits per heavy atom. The van der Waals surface area contributed by atoms with Crippen LogP contribution in [0.5, 0.6) is 5.75 Å². The average molecular weight is 278 g/mol. The van der Waals surface area contributed by atoms with Gasteiger partial charge in [-0.05, 0) is 59.0 Å². The summed E-state index contributed by atoms with van der Waals surface area (Å²) in [4.78, 5) is 2.19. The lowest BCUT2D eigenvalue weighted by molar-refractivity contribution is 0.277. The molecular weight excluding hydrogens is 248 g/mol. The van der Waals surface area contributed by atoms with Crippen LogP contribution in [0.2, 0.25) is 0 Å². The van der Waals surface area contributed by atoms with Gasteiger partial charge in [0.05, 0.1) is 6.61 Å². The van der Waals surface area contributed by atoms with Crippen molar-refractivity contribution >= 4 is 0 Å². The summed E-state index contributed by atoms with van der Waals surface area (Å²) < 4.78 is 6.00. The molecule has 1 unspecified atom stereocenters. The molecule has 0 aliphatic carbocycles. The fourth-order valence-electron chi connectivity index (χ4n) is 2.16. The number of ether oxygens (including phenoxy) is 1. The number of benzene rings is 1. The largest absolute Gasteiger partial charge is 0.493 e. The summed E-state index contributed by atoms with van der Waals surface area (Å²) in [6.07, 6.45) is 2.20. The molecule has 1 atom stereocenters. The van der Waals surface area contributed by atoms with Crippen molar-refractivity contribution in [1.29, 1.82) is 0 Å². The van der Waals surface area contributed by atoms with Gasteiger partial charge in [-0.25, -0.2) is 0 Å². The highest BCUT2D eigenvalue weighted by Crippen LogP contribution is 2.26. The second-order valence-electron chi connectivity index (χ2n) is 5.72. The molecule has 0 radical (unpaired) electrons. The van der Waals surface area contributed by atoms with E-state index in [4.69, 9.17) is 4.74 Å². The Balaban J connectivity index is 2.64. The van der Waals surface area contributed by atoms with Crippen molar-refractivity contribution in [3.8, 4) is 5.75 Å². The molecule has 0 saturated heterocycles. The Kier molecular flexibility index (Phi) is 7.63. The monoisotopic (exact) mass is 278 g/mol. The molecular formula is C17H30N2O. The Bertz CT molecular complexity index is 391. The molecule has 0 spiro atoms. The first-order valence-corrected chi connectivity index (χ1v) is 7.66. The Labute approximate surface area is 124 Å². The van der Waals surface area contributed by atoms with Crippen molar-refractivity contribution in [3.63, 3.8) is 0 Å². The van der Waals surface area contributed by atoms with Crippen LogP contribution in [0.3, 0.4) is 0 Å². The van der Waals surface area contributed by atoms with E-state index < -0.39 is 0 Å². The normalized spacial score (nSPS) is 12.7. The minimum Gasteiger partial charge on any atom is -0.493 e. The molecule has 0 saturated carbocycles. The summed E-state index contributed by atoms with van der Waals surface area (Å²) in [6.45, 7) is 9.37. The average Bonchev–Trinajstić information content (AvgIpc) is 2.41. The lowest BCUT2D eigenvalue weighted by Crippen LogP contribution is -2.20. The van der Waals surface area contributed by atoms with Gasteiger partial charge in [-0.1, -0.05) is 19.1 Å². The van der Waals surface area contributed by atoms with Crippen LogP contribution in [0.1, 0.15) is 43.9 Å². The zero-order valence-electron chi connectivity index (χ0n) is 13.7.